The first-order valence-corrected chi connectivity index (χ1v) is 14.7. The van der Waals surface area contributed by atoms with Crippen molar-refractivity contribution in [2.45, 2.75) is 26.7 Å². The number of morpholine rings is 1. The van der Waals surface area contributed by atoms with Crippen molar-refractivity contribution in [1.82, 2.24) is 9.47 Å². The van der Waals surface area contributed by atoms with Gasteiger partial charge in [0.15, 0.2) is 0 Å². The number of benzene rings is 3. The monoisotopic (exact) mass is 592 g/mol. The third kappa shape index (κ3) is 6.79. The second kappa shape index (κ2) is 13.5. The normalized spacial score (nSPS) is 12.9. The maximum absolute atomic E-state index is 13.3. The molecule has 1 fully saturated rings. The van der Waals surface area contributed by atoms with E-state index in [0.29, 0.717) is 60.8 Å². The number of anilines is 2. The molecule has 0 radical (unpaired) electrons. The van der Waals surface area contributed by atoms with Crippen molar-refractivity contribution in [3.05, 3.63) is 117 Å². The highest BCUT2D eigenvalue weighted by molar-refractivity contribution is 6.05. The smallest absolute Gasteiger partial charge is 0.256 e. The number of carbonyl (C=O) groups is 3. The molecule has 0 atom stereocenters. The van der Waals surface area contributed by atoms with Crippen LogP contribution >= 0.6 is 0 Å². The van der Waals surface area contributed by atoms with E-state index in [9.17, 15) is 19.2 Å². The van der Waals surface area contributed by atoms with Gasteiger partial charge in [0.1, 0.15) is 0 Å². The second-order valence-electron chi connectivity index (χ2n) is 10.8. The Morgan fingerprint density at radius 1 is 0.886 bits per heavy atom. The standard InChI is InChI=1S/C35H36N4O5/c1-4-32(40)36-31-20-24(13-14-29(31)35(43)39-15-17-44-18-16-39)19-26-21-27(22-38(3)34(26)42)28-11-8-12-30(23(28)2)37-33(41)25-9-6-5-7-10-25/h5-14,20-22H,4,15-19H2,1-3H3,(H,36,40)(H,37,41). The fourth-order valence-corrected chi connectivity index (χ4v) is 5.31. The van der Waals surface area contributed by atoms with Gasteiger partial charge in [0, 0.05) is 56.0 Å². The topological polar surface area (TPSA) is 110 Å². The second-order valence-corrected chi connectivity index (χ2v) is 10.8. The molecule has 226 valence electrons. The Hall–Kier alpha value is -5.02. The van der Waals surface area contributed by atoms with E-state index >= 15 is 0 Å². The van der Waals surface area contributed by atoms with Crippen molar-refractivity contribution in [3.8, 4) is 11.1 Å². The van der Waals surface area contributed by atoms with E-state index in [1.54, 1.807) is 53.9 Å². The zero-order chi connectivity index (χ0) is 31.2. The fourth-order valence-electron chi connectivity index (χ4n) is 5.31. The molecule has 1 aliphatic heterocycles. The number of amides is 3. The average molecular weight is 593 g/mol. The molecule has 3 aromatic carbocycles. The van der Waals surface area contributed by atoms with E-state index in [2.05, 4.69) is 10.6 Å². The molecule has 1 aliphatic rings. The summed E-state index contributed by atoms with van der Waals surface area (Å²) in [6.45, 7) is 5.61. The van der Waals surface area contributed by atoms with Gasteiger partial charge in [-0.05, 0) is 65.6 Å². The molecule has 3 amide bonds. The van der Waals surface area contributed by atoms with Gasteiger partial charge >= 0.3 is 0 Å². The molecule has 9 heteroatoms. The number of nitrogens with zero attached hydrogens (tertiary/aromatic N) is 2. The number of carbonyl (C=O) groups excluding carboxylic acids is 3. The van der Waals surface area contributed by atoms with E-state index in [0.717, 1.165) is 22.3 Å². The average Bonchev–Trinajstić information content (AvgIpc) is 3.04. The minimum atomic E-state index is -0.203. The summed E-state index contributed by atoms with van der Waals surface area (Å²) < 4.78 is 6.93. The van der Waals surface area contributed by atoms with Gasteiger partial charge in [-0.3, -0.25) is 19.2 Å². The summed E-state index contributed by atoms with van der Waals surface area (Å²) in [6.07, 6.45) is 2.35. The number of hydrogen-bond donors (Lipinski definition) is 2. The lowest BCUT2D eigenvalue weighted by Crippen LogP contribution is -2.41. The lowest BCUT2D eigenvalue weighted by molar-refractivity contribution is -0.115. The Balaban J connectivity index is 1.45. The van der Waals surface area contributed by atoms with Crippen LogP contribution in [-0.2, 0) is 23.0 Å². The van der Waals surface area contributed by atoms with Crippen LogP contribution in [0, 0.1) is 6.92 Å². The van der Waals surface area contributed by atoms with Crippen LogP contribution in [0.15, 0.2) is 83.8 Å². The maximum Gasteiger partial charge on any atom is 0.256 e. The molecule has 1 aromatic heterocycles. The van der Waals surface area contributed by atoms with Crippen LogP contribution in [0.1, 0.15) is 50.8 Å². The molecule has 2 heterocycles. The van der Waals surface area contributed by atoms with Crippen LogP contribution in [0.4, 0.5) is 11.4 Å². The Morgan fingerprint density at radius 3 is 2.36 bits per heavy atom. The summed E-state index contributed by atoms with van der Waals surface area (Å²) in [4.78, 5) is 53.5. The van der Waals surface area contributed by atoms with E-state index in [1.165, 1.54) is 0 Å². The number of aromatic nitrogens is 1. The largest absolute Gasteiger partial charge is 0.378 e. The molecule has 0 unspecified atom stereocenters. The third-order valence-electron chi connectivity index (χ3n) is 7.79. The highest BCUT2D eigenvalue weighted by Gasteiger charge is 2.22. The van der Waals surface area contributed by atoms with Crippen LogP contribution in [0.3, 0.4) is 0 Å². The highest BCUT2D eigenvalue weighted by Crippen LogP contribution is 2.30. The van der Waals surface area contributed by atoms with Gasteiger partial charge in [0.25, 0.3) is 17.4 Å². The highest BCUT2D eigenvalue weighted by atomic mass is 16.5. The first-order chi connectivity index (χ1) is 21.2. The Labute approximate surface area is 256 Å². The quantitative estimate of drug-likeness (QED) is 0.299. The lowest BCUT2D eigenvalue weighted by atomic mass is 9.96. The number of ether oxygens (including phenoxy) is 1. The molecular formula is C35H36N4O5. The molecular weight excluding hydrogens is 556 g/mol. The van der Waals surface area contributed by atoms with E-state index < -0.39 is 0 Å². The van der Waals surface area contributed by atoms with Gasteiger partial charge in [-0.1, -0.05) is 43.3 Å². The SMILES string of the molecule is CCC(=O)Nc1cc(Cc2cc(-c3cccc(NC(=O)c4ccccc4)c3C)cn(C)c2=O)ccc1C(=O)N1CCOCC1. The number of nitrogens with one attached hydrogen (secondary N) is 2. The molecule has 2 N–H and O–H groups in total. The molecule has 0 spiro atoms. The van der Waals surface area contributed by atoms with Gasteiger partial charge < -0.3 is 24.8 Å². The molecule has 9 nitrogen and oxygen atoms in total. The van der Waals surface area contributed by atoms with Crippen molar-refractivity contribution in [1.29, 1.82) is 0 Å². The maximum atomic E-state index is 13.3. The molecule has 0 aliphatic carbocycles. The fraction of sp³-hybridized carbons (Fsp3) is 0.257. The minimum absolute atomic E-state index is 0.146. The predicted octanol–water partition coefficient (Wildman–Crippen LogP) is 5.02. The van der Waals surface area contributed by atoms with E-state index in [4.69, 9.17) is 4.74 Å². The van der Waals surface area contributed by atoms with Gasteiger partial charge in [-0.25, -0.2) is 0 Å². The molecule has 1 saturated heterocycles. The summed E-state index contributed by atoms with van der Waals surface area (Å²) in [5.74, 6) is -0.571. The number of aryl methyl sites for hydroxylation is 1. The minimum Gasteiger partial charge on any atom is -0.378 e. The molecule has 0 bridgehead atoms. The molecule has 44 heavy (non-hydrogen) atoms. The van der Waals surface area contributed by atoms with Crippen molar-refractivity contribution >= 4 is 29.1 Å². The number of pyridine rings is 1. The molecule has 4 aromatic rings. The first kappa shape index (κ1) is 30.4. The Kier molecular flexibility index (Phi) is 9.35. The number of hydrogen-bond acceptors (Lipinski definition) is 5. The van der Waals surface area contributed by atoms with Crippen molar-refractivity contribution in [2.75, 3.05) is 36.9 Å². The van der Waals surface area contributed by atoms with E-state index in [1.807, 2.05) is 55.5 Å². The Morgan fingerprint density at radius 2 is 1.64 bits per heavy atom. The van der Waals surface area contributed by atoms with Crippen LogP contribution in [0.25, 0.3) is 11.1 Å². The third-order valence-corrected chi connectivity index (χ3v) is 7.79. The summed E-state index contributed by atoms with van der Waals surface area (Å²) in [6, 6.07) is 21.9. The van der Waals surface area contributed by atoms with Crippen molar-refractivity contribution < 1.29 is 19.1 Å². The summed E-state index contributed by atoms with van der Waals surface area (Å²) in [5, 5.41) is 5.88. The summed E-state index contributed by atoms with van der Waals surface area (Å²) >= 11 is 0. The van der Waals surface area contributed by atoms with Crippen molar-refractivity contribution in [2.24, 2.45) is 7.05 Å². The van der Waals surface area contributed by atoms with Gasteiger partial charge in [0.2, 0.25) is 5.91 Å². The predicted molar refractivity (Wildman–Crippen MR) is 171 cm³/mol. The number of rotatable bonds is 8. The van der Waals surface area contributed by atoms with Crippen LogP contribution in [0.2, 0.25) is 0 Å². The molecule has 0 saturated carbocycles. The van der Waals surface area contributed by atoms with Gasteiger partial charge in [0.05, 0.1) is 24.5 Å². The summed E-state index contributed by atoms with van der Waals surface area (Å²) in [5.41, 5.74) is 5.86. The first-order valence-electron chi connectivity index (χ1n) is 14.7. The van der Waals surface area contributed by atoms with Crippen molar-refractivity contribution in [3.63, 3.8) is 0 Å². The van der Waals surface area contributed by atoms with Crippen LogP contribution < -0.4 is 16.2 Å². The van der Waals surface area contributed by atoms with Crippen LogP contribution in [0.5, 0.6) is 0 Å². The summed E-state index contributed by atoms with van der Waals surface area (Å²) in [7, 11) is 1.71. The van der Waals surface area contributed by atoms with Gasteiger partial charge in [-0.15, -0.1) is 0 Å². The molecule has 5 rings (SSSR count). The van der Waals surface area contributed by atoms with Crippen LogP contribution in [-0.4, -0.2) is 53.5 Å². The Bertz CT molecular complexity index is 1760. The zero-order valence-electron chi connectivity index (χ0n) is 25.2. The lowest BCUT2D eigenvalue weighted by Gasteiger charge is -2.27. The van der Waals surface area contributed by atoms with E-state index in [-0.39, 0.29) is 29.7 Å². The van der Waals surface area contributed by atoms with Gasteiger partial charge in [-0.2, -0.15) is 0 Å². The zero-order valence-corrected chi connectivity index (χ0v) is 25.2.